The van der Waals surface area contributed by atoms with Crippen molar-refractivity contribution in [2.75, 3.05) is 18.5 Å². The molecule has 1 aromatic carbocycles. The molecule has 2 aliphatic carbocycles. The second-order valence-corrected chi connectivity index (χ2v) is 11.3. The Bertz CT molecular complexity index is 1470. The van der Waals surface area contributed by atoms with Gasteiger partial charge in [-0.1, -0.05) is 42.5 Å². The minimum Gasteiger partial charge on any atom is -0.331 e. The number of hydrogen-bond donors (Lipinski definition) is 1. The standard InChI is InChI=1S/C31H31FN4O2/c1-30(2,19-32)29(38)36(26-12-11-21-8-3-4-9-23(21)26)14-6-7-20-15-22-16-31(17-25(22)34-18-20)24-10-5-13-33-27(24)35-28(31)37/h3-10,13,15,18,26H,11-12,14,16-17,19H2,1-2H3,(H,33,35,37)/t26-,31+/m1/s1. The molecule has 3 aromatic rings. The maximum atomic E-state index is 13.8. The molecule has 2 amide bonds. The summed E-state index contributed by atoms with van der Waals surface area (Å²) in [5, 5.41) is 2.93. The molecule has 3 heterocycles. The number of nitrogens with one attached hydrogen (secondary N) is 1. The Hall–Kier alpha value is -3.87. The number of benzene rings is 1. The molecule has 0 unspecified atom stereocenters. The summed E-state index contributed by atoms with van der Waals surface area (Å²) in [6, 6.07) is 14.1. The highest BCUT2D eigenvalue weighted by molar-refractivity contribution is 6.06. The van der Waals surface area contributed by atoms with Crippen molar-refractivity contribution in [1.82, 2.24) is 14.9 Å². The van der Waals surface area contributed by atoms with E-state index >= 15 is 0 Å². The average Bonchev–Trinajstić information content (AvgIpc) is 3.60. The molecule has 0 saturated carbocycles. The Labute approximate surface area is 222 Å². The Morgan fingerprint density at radius 3 is 2.87 bits per heavy atom. The van der Waals surface area contributed by atoms with Gasteiger partial charge in [-0.3, -0.25) is 14.6 Å². The summed E-state index contributed by atoms with van der Waals surface area (Å²) in [4.78, 5) is 37.3. The zero-order valence-electron chi connectivity index (χ0n) is 21.7. The first-order valence-corrected chi connectivity index (χ1v) is 13.2. The van der Waals surface area contributed by atoms with Crippen LogP contribution in [0.25, 0.3) is 6.08 Å². The molecule has 6 nitrogen and oxygen atoms in total. The second-order valence-electron chi connectivity index (χ2n) is 11.3. The van der Waals surface area contributed by atoms with Crippen LogP contribution >= 0.6 is 0 Å². The maximum absolute atomic E-state index is 13.8. The van der Waals surface area contributed by atoms with Crippen LogP contribution in [0.2, 0.25) is 0 Å². The number of nitrogens with zero attached hydrogens (tertiary/aromatic N) is 3. The first kappa shape index (κ1) is 24.5. The summed E-state index contributed by atoms with van der Waals surface area (Å²) in [5.74, 6) is 0.433. The highest BCUT2D eigenvalue weighted by Gasteiger charge is 2.51. The van der Waals surface area contributed by atoms with Gasteiger partial charge in [0.05, 0.1) is 16.9 Å². The van der Waals surface area contributed by atoms with Crippen LogP contribution in [-0.2, 0) is 34.3 Å². The molecule has 38 heavy (non-hydrogen) atoms. The molecule has 3 aliphatic rings. The zero-order valence-corrected chi connectivity index (χ0v) is 21.7. The lowest BCUT2D eigenvalue weighted by molar-refractivity contribution is -0.143. The SMILES string of the molecule is CC(C)(CF)C(=O)N(CC=Cc1cnc2c(c1)C[C@@]1(C2)C(=O)Nc2ncccc21)[C@@H]1CCc2ccccc21. The average molecular weight is 511 g/mol. The maximum Gasteiger partial charge on any atom is 0.237 e. The van der Waals surface area contributed by atoms with Crippen LogP contribution in [0.4, 0.5) is 10.2 Å². The molecule has 1 aliphatic heterocycles. The van der Waals surface area contributed by atoms with E-state index in [1.165, 1.54) is 5.56 Å². The van der Waals surface area contributed by atoms with Crippen molar-refractivity contribution < 1.29 is 14.0 Å². The summed E-state index contributed by atoms with van der Waals surface area (Å²) in [7, 11) is 0. The van der Waals surface area contributed by atoms with Crippen molar-refractivity contribution in [2.45, 2.75) is 51.0 Å². The van der Waals surface area contributed by atoms with Gasteiger partial charge in [0.15, 0.2) is 0 Å². The molecule has 2 atom stereocenters. The van der Waals surface area contributed by atoms with Crippen LogP contribution in [0.15, 0.2) is 60.9 Å². The number of aryl methyl sites for hydroxylation is 1. The Balaban J connectivity index is 1.24. The van der Waals surface area contributed by atoms with Gasteiger partial charge in [-0.15, -0.1) is 0 Å². The summed E-state index contributed by atoms with van der Waals surface area (Å²) < 4.78 is 13.8. The molecule has 0 saturated heterocycles. The number of pyridine rings is 2. The number of anilines is 1. The van der Waals surface area contributed by atoms with Gasteiger partial charge in [0.25, 0.3) is 0 Å². The third-order valence-corrected chi connectivity index (χ3v) is 8.30. The van der Waals surface area contributed by atoms with Gasteiger partial charge in [-0.25, -0.2) is 9.37 Å². The summed E-state index contributed by atoms with van der Waals surface area (Å²) in [5.41, 5.74) is 4.49. The van der Waals surface area contributed by atoms with E-state index < -0.39 is 17.5 Å². The number of amides is 2. The number of aromatic nitrogens is 2. The molecule has 6 rings (SSSR count). The largest absolute Gasteiger partial charge is 0.331 e. The van der Waals surface area contributed by atoms with Crippen molar-refractivity contribution >= 4 is 23.7 Å². The molecule has 0 radical (unpaired) electrons. The molecule has 0 bridgehead atoms. The van der Waals surface area contributed by atoms with Crippen LogP contribution in [0.1, 0.15) is 59.8 Å². The first-order valence-electron chi connectivity index (χ1n) is 13.2. The monoisotopic (exact) mass is 510 g/mol. The van der Waals surface area contributed by atoms with Crippen molar-refractivity contribution in [1.29, 1.82) is 0 Å². The van der Waals surface area contributed by atoms with Gasteiger partial charge in [-0.05, 0) is 67.5 Å². The topological polar surface area (TPSA) is 75.2 Å². The number of rotatable bonds is 6. The van der Waals surface area contributed by atoms with E-state index in [0.717, 1.165) is 40.8 Å². The third-order valence-electron chi connectivity index (χ3n) is 8.30. The molecule has 1 spiro atoms. The van der Waals surface area contributed by atoms with Crippen molar-refractivity contribution in [2.24, 2.45) is 5.41 Å². The number of hydrogen-bond acceptors (Lipinski definition) is 4. The van der Waals surface area contributed by atoms with E-state index in [4.69, 9.17) is 4.98 Å². The van der Waals surface area contributed by atoms with E-state index in [2.05, 4.69) is 28.5 Å². The third kappa shape index (κ3) is 3.92. The summed E-state index contributed by atoms with van der Waals surface area (Å²) >= 11 is 0. The van der Waals surface area contributed by atoms with Crippen LogP contribution in [0.5, 0.6) is 0 Å². The molecule has 7 heteroatoms. The molecular weight excluding hydrogens is 479 g/mol. The van der Waals surface area contributed by atoms with E-state index in [0.29, 0.717) is 25.2 Å². The summed E-state index contributed by atoms with van der Waals surface area (Å²) in [6.45, 7) is 3.01. The molecule has 194 valence electrons. The predicted octanol–water partition coefficient (Wildman–Crippen LogP) is 4.99. The van der Waals surface area contributed by atoms with E-state index in [1.807, 2.05) is 47.5 Å². The van der Waals surface area contributed by atoms with Gasteiger partial charge in [0.1, 0.15) is 12.5 Å². The van der Waals surface area contributed by atoms with Gasteiger partial charge >= 0.3 is 0 Å². The number of carbonyl (C=O) groups is 2. The van der Waals surface area contributed by atoms with E-state index in [1.54, 1.807) is 20.0 Å². The highest BCUT2D eigenvalue weighted by atomic mass is 19.1. The van der Waals surface area contributed by atoms with E-state index in [-0.39, 0.29) is 17.9 Å². The Kier molecular flexibility index (Phi) is 5.89. The van der Waals surface area contributed by atoms with E-state index in [9.17, 15) is 14.0 Å². The van der Waals surface area contributed by atoms with Crippen LogP contribution in [-0.4, -0.2) is 39.9 Å². The van der Waals surface area contributed by atoms with Gasteiger partial charge in [0.2, 0.25) is 11.8 Å². The van der Waals surface area contributed by atoms with Crippen molar-refractivity contribution in [3.05, 3.63) is 94.4 Å². The van der Waals surface area contributed by atoms with Gasteiger partial charge in [0, 0.05) is 36.6 Å². The highest BCUT2D eigenvalue weighted by Crippen LogP contribution is 2.46. The van der Waals surface area contributed by atoms with Gasteiger partial charge < -0.3 is 10.2 Å². The normalized spacial score (nSPS) is 21.4. The van der Waals surface area contributed by atoms with Crippen LogP contribution in [0, 0.1) is 5.41 Å². The van der Waals surface area contributed by atoms with Crippen molar-refractivity contribution in [3.63, 3.8) is 0 Å². The second kappa shape index (κ2) is 9.15. The smallest absolute Gasteiger partial charge is 0.237 e. The molecule has 1 N–H and O–H groups in total. The number of halogens is 1. The minimum absolute atomic E-state index is 0.0252. The van der Waals surface area contributed by atoms with Crippen LogP contribution in [0.3, 0.4) is 0 Å². The fourth-order valence-corrected chi connectivity index (χ4v) is 6.18. The number of carbonyl (C=O) groups excluding carboxylic acids is 2. The first-order chi connectivity index (χ1) is 18.3. The lowest BCUT2D eigenvalue weighted by Crippen LogP contribution is -2.43. The lowest BCUT2D eigenvalue weighted by Gasteiger charge is -2.34. The minimum atomic E-state index is -1.08. The number of alkyl halides is 1. The quantitative estimate of drug-likeness (QED) is 0.507. The zero-order chi connectivity index (χ0) is 26.5. The van der Waals surface area contributed by atoms with Crippen molar-refractivity contribution in [3.8, 4) is 0 Å². The predicted molar refractivity (Wildman–Crippen MR) is 144 cm³/mol. The summed E-state index contributed by atoms with van der Waals surface area (Å²) in [6.07, 6.45) is 10.3. The fourth-order valence-electron chi connectivity index (χ4n) is 6.18. The Morgan fingerprint density at radius 2 is 2.03 bits per heavy atom. The molecule has 2 aromatic heterocycles. The Morgan fingerprint density at radius 1 is 1.18 bits per heavy atom. The van der Waals surface area contributed by atoms with Gasteiger partial charge in [-0.2, -0.15) is 0 Å². The fraction of sp³-hybridized carbons (Fsp3) is 0.355. The van der Waals surface area contributed by atoms with Crippen LogP contribution < -0.4 is 5.32 Å². The lowest BCUT2D eigenvalue weighted by atomic mass is 9.80. The molecule has 0 fully saturated rings. The molecular formula is C31H31FN4O2. The number of fused-ring (bicyclic) bond motifs is 4.